The van der Waals surface area contributed by atoms with Crippen LogP contribution in [0.1, 0.15) is 42.0 Å². The fraction of sp³-hybridized carbons (Fsp3) is 0.458. The van der Waals surface area contributed by atoms with Crippen molar-refractivity contribution in [3.05, 3.63) is 65.2 Å². The molecule has 4 nitrogen and oxygen atoms in total. The summed E-state index contributed by atoms with van der Waals surface area (Å²) >= 11 is 0. The highest BCUT2D eigenvalue weighted by molar-refractivity contribution is 5.83. The first kappa shape index (κ1) is 19.0. The van der Waals surface area contributed by atoms with Crippen LogP contribution in [0.5, 0.6) is 5.75 Å². The van der Waals surface area contributed by atoms with Crippen LogP contribution in [-0.4, -0.2) is 25.6 Å². The Labute approximate surface area is 167 Å². The Kier molecular flexibility index (Phi) is 5.40. The van der Waals surface area contributed by atoms with E-state index in [2.05, 4.69) is 48.7 Å². The Hall–Kier alpha value is -2.33. The van der Waals surface area contributed by atoms with Crippen LogP contribution in [0.4, 0.5) is 0 Å². The Balaban J connectivity index is 1.46. The lowest BCUT2D eigenvalue weighted by atomic mass is 9.91. The van der Waals surface area contributed by atoms with Crippen LogP contribution in [0.15, 0.2) is 48.5 Å². The van der Waals surface area contributed by atoms with Gasteiger partial charge in [0.1, 0.15) is 12.4 Å². The van der Waals surface area contributed by atoms with Gasteiger partial charge < -0.3 is 15.4 Å². The van der Waals surface area contributed by atoms with Gasteiger partial charge >= 0.3 is 0 Å². The number of ether oxygens (including phenoxy) is 1. The Bertz CT molecular complexity index is 808. The standard InChI is InChI=1S/C24H30N2O2/c1-17-7-6-8-18(2)22(17)28-16-21(19-9-4-3-5-10-19)26-23(27)20-15-24(20)11-13-25-14-12-24/h3-10,20-21,25H,11-16H2,1-2H3,(H,26,27). The topological polar surface area (TPSA) is 50.4 Å². The summed E-state index contributed by atoms with van der Waals surface area (Å²) in [5.74, 6) is 1.25. The fourth-order valence-corrected chi connectivity index (χ4v) is 4.57. The molecule has 2 N–H and O–H groups in total. The summed E-state index contributed by atoms with van der Waals surface area (Å²) in [4.78, 5) is 13.0. The van der Waals surface area contributed by atoms with Gasteiger partial charge in [0, 0.05) is 5.92 Å². The minimum absolute atomic E-state index is 0.146. The van der Waals surface area contributed by atoms with Gasteiger partial charge in [-0.2, -0.15) is 0 Å². The first-order valence-corrected chi connectivity index (χ1v) is 10.3. The first-order valence-electron chi connectivity index (χ1n) is 10.3. The van der Waals surface area contributed by atoms with Gasteiger partial charge in [-0.3, -0.25) is 4.79 Å². The Morgan fingerprint density at radius 1 is 1.11 bits per heavy atom. The summed E-state index contributed by atoms with van der Waals surface area (Å²) < 4.78 is 6.20. The largest absolute Gasteiger partial charge is 0.491 e. The van der Waals surface area contributed by atoms with Crippen molar-refractivity contribution in [2.45, 2.75) is 39.2 Å². The molecule has 2 fully saturated rings. The highest BCUT2D eigenvalue weighted by Crippen LogP contribution is 2.58. The number of hydrogen-bond donors (Lipinski definition) is 2. The minimum atomic E-state index is -0.146. The summed E-state index contributed by atoms with van der Waals surface area (Å²) in [6.07, 6.45) is 3.25. The van der Waals surface area contributed by atoms with E-state index in [4.69, 9.17) is 4.74 Å². The Morgan fingerprint density at radius 3 is 2.46 bits per heavy atom. The van der Waals surface area contributed by atoms with Crippen molar-refractivity contribution in [3.8, 4) is 5.75 Å². The number of para-hydroxylation sites is 1. The number of carbonyl (C=O) groups is 1. The van der Waals surface area contributed by atoms with E-state index in [-0.39, 0.29) is 23.3 Å². The van der Waals surface area contributed by atoms with Crippen LogP contribution in [0, 0.1) is 25.2 Å². The van der Waals surface area contributed by atoms with Crippen molar-refractivity contribution < 1.29 is 9.53 Å². The molecule has 4 heteroatoms. The normalized spacial score (nSPS) is 21.1. The monoisotopic (exact) mass is 378 g/mol. The molecule has 1 amide bonds. The Morgan fingerprint density at radius 2 is 1.79 bits per heavy atom. The van der Waals surface area contributed by atoms with E-state index in [0.717, 1.165) is 54.8 Å². The maximum absolute atomic E-state index is 13.0. The first-order chi connectivity index (χ1) is 13.6. The van der Waals surface area contributed by atoms with Crippen molar-refractivity contribution in [2.75, 3.05) is 19.7 Å². The number of amides is 1. The van der Waals surface area contributed by atoms with Gasteiger partial charge in [0.25, 0.3) is 0 Å². The van der Waals surface area contributed by atoms with Gasteiger partial charge in [-0.05, 0) is 68.3 Å². The van der Waals surface area contributed by atoms with E-state index in [1.54, 1.807) is 0 Å². The second kappa shape index (κ2) is 7.96. The summed E-state index contributed by atoms with van der Waals surface area (Å²) in [5, 5.41) is 6.70. The van der Waals surface area contributed by atoms with Crippen LogP contribution < -0.4 is 15.4 Å². The zero-order chi connectivity index (χ0) is 19.6. The van der Waals surface area contributed by atoms with E-state index in [9.17, 15) is 4.79 Å². The second-order valence-electron chi connectivity index (χ2n) is 8.37. The van der Waals surface area contributed by atoms with Gasteiger partial charge in [0.2, 0.25) is 5.91 Å². The molecule has 1 aliphatic heterocycles. The summed E-state index contributed by atoms with van der Waals surface area (Å²) in [6.45, 7) is 6.61. The third kappa shape index (κ3) is 3.93. The smallest absolute Gasteiger partial charge is 0.224 e. The quantitative estimate of drug-likeness (QED) is 0.801. The molecule has 2 aromatic carbocycles. The van der Waals surface area contributed by atoms with E-state index in [0.29, 0.717) is 6.61 Å². The van der Waals surface area contributed by atoms with Crippen molar-refractivity contribution in [3.63, 3.8) is 0 Å². The zero-order valence-corrected chi connectivity index (χ0v) is 16.8. The lowest BCUT2D eigenvalue weighted by molar-refractivity contribution is -0.124. The fourth-order valence-electron chi connectivity index (χ4n) is 4.57. The van der Waals surface area contributed by atoms with Crippen molar-refractivity contribution in [1.82, 2.24) is 10.6 Å². The molecule has 0 bridgehead atoms. The minimum Gasteiger partial charge on any atom is -0.491 e. The highest BCUT2D eigenvalue weighted by Gasteiger charge is 2.57. The van der Waals surface area contributed by atoms with Gasteiger partial charge in [0.05, 0.1) is 6.04 Å². The average molecular weight is 379 g/mol. The van der Waals surface area contributed by atoms with Crippen molar-refractivity contribution in [2.24, 2.45) is 11.3 Å². The summed E-state index contributed by atoms with van der Waals surface area (Å²) in [5.41, 5.74) is 3.56. The van der Waals surface area contributed by atoms with Crippen LogP contribution in [0.2, 0.25) is 0 Å². The molecule has 2 atom stereocenters. The van der Waals surface area contributed by atoms with E-state index in [1.165, 1.54) is 0 Å². The number of rotatable bonds is 6. The number of hydrogen-bond acceptors (Lipinski definition) is 3. The molecular weight excluding hydrogens is 348 g/mol. The summed E-state index contributed by atoms with van der Waals surface area (Å²) in [7, 11) is 0. The zero-order valence-electron chi connectivity index (χ0n) is 16.8. The van der Waals surface area contributed by atoms with Crippen LogP contribution in [-0.2, 0) is 4.79 Å². The predicted molar refractivity (Wildman–Crippen MR) is 111 cm³/mol. The average Bonchev–Trinajstić information content (AvgIpc) is 3.40. The maximum atomic E-state index is 13.0. The lowest BCUT2D eigenvalue weighted by Gasteiger charge is -2.25. The molecule has 1 saturated heterocycles. The lowest BCUT2D eigenvalue weighted by Crippen LogP contribution is -2.37. The van der Waals surface area contributed by atoms with E-state index in [1.807, 2.05) is 24.3 Å². The molecule has 1 heterocycles. The number of piperidine rings is 1. The van der Waals surface area contributed by atoms with Crippen LogP contribution in [0.3, 0.4) is 0 Å². The van der Waals surface area contributed by atoms with Gasteiger partial charge in [-0.1, -0.05) is 48.5 Å². The third-order valence-electron chi connectivity index (χ3n) is 6.43. The van der Waals surface area contributed by atoms with Crippen molar-refractivity contribution >= 4 is 5.91 Å². The molecule has 1 saturated carbocycles. The second-order valence-corrected chi connectivity index (χ2v) is 8.37. The molecule has 0 radical (unpaired) electrons. The number of nitrogens with one attached hydrogen (secondary N) is 2. The molecule has 4 rings (SSSR count). The third-order valence-corrected chi connectivity index (χ3v) is 6.43. The van der Waals surface area contributed by atoms with E-state index >= 15 is 0 Å². The predicted octanol–water partition coefficient (Wildman–Crippen LogP) is 3.93. The van der Waals surface area contributed by atoms with Gasteiger partial charge in [-0.25, -0.2) is 0 Å². The molecule has 2 unspecified atom stereocenters. The van der Waals surface area contributed by atoms with Gasteiger partial charge in [0.15, 0.2) is 0 Å². The van der Waals surface area contributed by atoms with Crippen molar-refractivity contribution in [1.29, 1.82) is 0 Å². The molecule has 28 heavy (non-hydrogen) atoms. The molecule has 1 aliphatic carbocycles. The van der Waals surface area contributed by atoms with Crippen LogP contribution >= 0.6 is 0 Å². The summed E-state index contributed by atoms with van der Waals surface area (Å²) in [6, 6.07) is 16.2. The number of aryl methyl sites for hydroxylation is 2. The molecule has 148 valence electrons. The van der Waals surface area contributed by atoms with Gasteiger partial charge in [-0.15, -0.1) is 0 Å². The molecular formula is C24H30N2O2. The maximum Gasteiger partial charge on any atom is 0.224 e. The highest BCUT2D eigenvalue weighted by atomic mass is 16.5. The molecule has 2 aromatic rings. The number of benzene rings is 2. The SMILES string of the molecule is Cc1cccc(C)c1OCC(NC(=O)C1CC12CCNCC2)c1ccccc1. The number of carbonyl (C=O) groups excluding carboxylic acids is 1. The van der Waals surface area contributed by atoms with Crippen LogP contribution in [0.25, 0.3) is 0 Å². The molecule has 0 aromatic heterocycles. The molecule has 2 aliphatic rings. The van der Waals surface area contributed by atoms with E-state index < -0.39 is 0 Å². The molecule has 1 spiro atoms.